The molecule has 0 spiro atoms. The van der Waals surface area contributed by atoms with Gasteiger partial charge in [0, 0.05) is 15.1 Å². The molecule has 0 saturated carbocycles. The Bertz CT molecular complexity index is 883. The number of benzene rings is 1. The van der Waals surface area contributed by atoms with E-state index in [0.717, 1.165) is 25.8 Å². The predicted molar refractivity (Wildman–Crippen MR) is 88.5 cm³/mol. The minimum atomic E-state index is 0.264. The monoisotopic (exact) mass is 424 g/mol. The standard InChI is InChI=1S/C14H7Br2ClN4/c15-9-4-11-14(19-7-9)21(13(5-17)20-11)12-2-1-8(6-18)3-10(12)16/h1-4,7H,5H2. The number of nitriles is 1. The quantitative estimate of drug-likeness (QED) is 0.565. The van der Waals surface area contributed by atoms with Crippen molar-refractivity contribution in [2.45, 2.75) is 5.88 Å². The Morgan fingerprint density at radius 1 is 1.29 bits per heavy atom. The van der Waals surface area contributed by atoms with Gasteiger partial charge in [-0.15, -0.1) is 11.6 Å². The van der Waals surface area contributed by atoms with Crippen molar-refractivity contribution in [2.75, 3.05) is 0 Å². The molecule has 7 heteroatoms. The lowest BCUT2D eigenvalue weighted by Crippen LogP contribution is -2.01. The smallest absolute Gasteiger partial charge is 0.164 e. The molecule has 0 N–H and O–H groups in total. The van der Waals surface area contributed by atoms with Crippen molar-refractivity contribution in [3.63, 3.8) is 0 Å². The van der Waals surface area contributed by atoms with Crippen LogP contribution in [0.2, 0.25) is 0 Å². The first-order valence-corrected chi connectivity index (χ1v) is 8.05. The van der Waals surface area contributed by atoms with Crippen LogP contribution in [0.25, 0.3) is 16.9 Å². The van der Waals surface area contributed by atoms with Gasteiger partial charge in [-0.25, -0.2) is 9.97 Å². The van der Waals surface area contributed by atoms with Crippen LogP contribution in [0.1, 0.15) is 11.4 Å². The number of fused-ring (bicyclic) bond motifs is 1. The highest BCUT2D eigenvalue weighted by Crippen LogP contribution is 2.28. The Labute approximate surface area is 142 Å². The van der Waals surface area contributed by atoms with E-state index in [1.807, 2.05) is 16.7 Å². The van der Waals surface area contributed by atoms with E-state index >= 15 is 0 Å². The second kappa shape index (κ2) is 5.76. The van der Waals surface area contributed by atoms with Gasteiger partial charge in [-0.05, 0) is 56.1 Å². The second-order valence-corrected chi connectivity index (χ2v) is 6.31. The molecular formula is C14H7Br2ClN4. The molecule has 0 aliphatic heterocycles. The van der Waals surface area contributed by atoms with Crippen LogP contribution in [0, 0.1) is 11.3 Å². The van der Waals surface area contributed by atoms with E-state index in [1.54, 1.807) is 18.3 Å². The molecule has 0 aliphatic carbocycles. The van der Waals surface area contributed by atoms with Crippen molar-refractivity contribution in [2.24, 2.45) is 0 Å². The summed E-state index contributed by atoms with van der Waals surface area (Å²) in [6.45, 7) is 0. The van der Waals surface area contributed by atoms with Gasteiger partial charge >= 0.3 is 0 Å². The van der Waals surface area contributed by atoms with E-state index in [4.69, 9.17) is 16.9 Å². The Hall–Kier alpha value is -1.42. The zero-order valence-electron chi connectivity index (χ0n) is 10.5. The molecule has 104 valence electrons. The molecule has 0 aliphatic rings. The average molecular weight is 426 g/mol. The van der Waals surface area contributed by atoms with Crippen LogP contribution in [-0.4, -0.2) is 14.5 Å². The van der Waals surface area contributed by atoms with Crippen LogP contribution in [0.3, 0.4) is 0 Å². The summed E-state index contributed by atoms with van der Waals surface area (Å²) in [4.78, 5) is 8.92. The molecule has 0 fully saturated rings. The number of hydrogen-bond acceptors (Lipinski definition) is 3. The Morgan fingerprint density at radius 2 is 2.10 bits per heavy atom. The van der Waals surface area contributed by atoms with Crippen molar-refractivity contribution in [3.05, 3.63) is 50.8 Å². The molecule has 0 unspecified atom stereocenters. The highest BCUT2D eigenvalue weighted by atomic mass is 79.9. The van der Waals surface area contributed by atoms with Gasteiger partial charge in [0.25, 0.3) is 0 Å². The van der Waals surface area contributed by atoms with Gasteiger partial charge < -0.3 is 0 Å². The minimum Gasteiger partial charge on any atom is -0.279 e. The third-order valence-electron chi connectivity index (χ3n) is 2.97. The minimum absolute atomic E-state index is 0.264. The average Bonchev–Trinajstić information content (AvgIpc) is 2.84. The number of hydrogen-bond donors (Lipinski definition) is 0. The predicted octanol–water partition coefficient (Wildman–Crippen LogP) is 4.56. The maximum absolute atomic E-state index is 8.96. The lowest BCUT2D eigenvalue weighted by Gasteiger charge is -2.09. The normalized spacial score (nSPS) is 10.8. The maximum atomic E-state index is 8.96. The number of alkyl halides is 1. The van der Waals surface area contributed by atoms with Gasteiger partial charge in [0.1, 0.15) is 11.3 Å². The third kappa shape index (κ3) is 2.57. The maximum Gasteiger partial charge on any atom is 0.164 e. The third-order valence-corrected chi connectivity index (χ3v) is 4.28. The summed E-state index contributed by atoms with van der Waals surface area (Å²) in [6, 6.07) is 9.37. The van der Waals surface area contributed by atoms with Crippen LogP contribution in [0.15, 0.2) is 39.4 Å². The first kappa shape index (κ1) is 14.5. The molecular weight excluding hydrogens is 419 g/mol. The van der Waals surface area contributed by atoms with Crippen LogP contribution in [0.4, 0.5) is 0 Å². The van der Waals surface area contributed by atoms with Crippen LogP contribution >= 0.6 is 43.5 Å². The summed E-state index contributed by atoms with van der Waals surface area (Å²) in [7, 11) is 0. The van der Waals surface area contributed by atoms with Crippen molar-refractivity contribution in [3.8, 4) is 11.8 Å². The topological polar surface area (TPSA) is 54.5 Å². The largest absolute Gasteiger partial charge is 0.279 e. The molecule has 1 aromatic carbocycles. The summed E-state index contributed by atoms with van der Waals surface area (Å²) >= 11 is 12.9. The SMILES string of the molecule is N#Cc1ccc(-n2c(CCl)nc3cc(Br)cnc32)c(Br)c1. The molecule has 0 saturated heterocycles. The molecule has 2 heterocycles. The molecule has 0 atom stereocenters. The van der Waals surface area contributed by atoms with E-state index in [1.165, 1.54) is 0 Å². The summed E-state index contributed by atoms with van der Waals surface area (Å²) < 4.78 is 3.54. The number of nitrogens with zero attached hydrogens (tertiary/aromatic N) is 4. The van der Waals surface area contributed by atoms with E-state index in [-0.39, 0.29) is 5.88 Å². The van der Waals surface area contributed by atoms with Crippen molar-refractivity contribution in [1.82, 2.24) is 14.5 Å². The van der Waals surface area contributed by atoms with Gasteiger partial charge in [0.2, 0.25) is 0 Å². The lowest BCUT2D eigenvalue weighted by molar-refractivity contribution is 0.964. The summed E-state index contributed by atoms with van der Waals surface area (Å²) in [5.41, 5.74) is 2.91. The number of rotatable bonds is 2. The zero-order chi connectivity index (χ0) is 15.0. The summed E-state index contributed by atoms with van der Waals surface area (Å²) in [6.07, 6.45) is 1.72. The van der Waals surface area contributed by atoms with Gasteiger partial charge in [-0.1, -0.05) is 0 Å². The number of halogens is 3. The molecule has 21 heavy (non-hydrogen) atoms. The fourth-order valence-corrected chi connectivity index (χ4v) is 3.14. The molecule has 0 bridgehead atoms. The highest BCUT2D eigenvalue weighted by Gasteiger charge is 2.15. The van der Waals surface area contributed by atoms with Gasteiger partial charge in [-0.2, -0.15) is 5.26 Å². The zero-order valence-corrected chi connectivity index (χ0v) is 14.4. The second-order valence-electron chi connectivity index (χ2n) is 4.27. The van der Waals surface area contributed by atoms with Gasteiger partial charge in [0.05, 0.1) is 23.2 Å². The van der Waals surface area contributed by atoms with Crippen molar-refractivity contribution >= 4 is 54.6 Å². The molecule has 0 amide bonds. The van der Waals surface area contributed by atoms with Crippen LogP contribution < -0.4 is 0 Å². The summed E-state index contributed by atoms with van der Waals surface area (Å²) in [5.74, 6) is 0.961. The van der Waals surface area contributed by atoms with Gasteiger partial charge in [0.15, 0.2) is 5.65 Å². The van der Waals surface area contributed by atoms with Gasteiger partial charge in [-0.3, -0.25) is 4.57 Å². The Morgan fingerprint density at radius 3 is 2.76 bits per heavy atom. The van der Waals surface area contributed by atoms with E-state index in [2.05, 4.69) is 47.9 Å². The van der Waals surface area contributed by atoms with E-state index < -0.39 is 0 Å². The van der Waals surface area contributed by atoms with E-state index in [9.17, 15) is 0 Å². The van der Waals surface area contributed by atoms with E-state index in [0.29, 0.717) is 11.4 Å². The fourth-order valence-electron chi connectivity index (χ4n) is 2.09. The molecule has 2 aromatic heterocycles. The number of aromatic nitrogens is 3. The van der Waals surface area contributed by atoms with Crippen LogP contribution in [0.5, 0.6) is 0 Å². The summed E-state index contributed by atoms with van der Waals surface area (Å²) in [5, 5.41) is 8.96. The Kier molecular flexibility index (Phi) is 3.98. The van der Waals surface area contributed by atoms with Crippen molar-refractivity contribution < 1.29 is 0 Å². The highest BCUT2D eigenvalue weighted by molar-refractivity contribution is 9.10. The van der Waals surface area contributed by atoms with Crippen LogP contribution in [-0.2, 0) is 5.88 Å². The molecule has 3 rings (SSSR count). The lowest BCUT2D eigenvalue weighted by atomic mass is 10.2. The fraction of sp³-hybridized carbons (Fsp3) is 0.0714. The number of imidazole rings is 1. The van der Waals surface area contributed by atoms with Crippen molar-refractivity contribution in [1.29, 1.82) is 5.26 Å². The first-order chi connectivity index (χ1) is 10.1. The molecule has 3 aromatic rings. The Balaban J connectivity index is 2.31. The number of pyridine rings is 1. The molecule has 0 radical (unpaired) electrons. The first-order valence-electron chi connectivity index (χ1n) is 5.93. The molecule has 4 nitrogen and oxygen atoms in total.